The number of fused-ring (bicyclic) bond motifs is 1. The summed E-state index contributed by atoms with van der Waals surface area (Å²) in [5.41, 5.74) is 1.94. The normalized spacial score (nSPS) is 10.3. The van der Waals surface area contributed by atoms with E-state index in [-0.39, 0.29) is 31.6 Å². The van der Waals surface area contributed by atoms with Crippen molar-refractivity contribution >= 4 is 16.6 Å². The Morgan fingerprint density at radius 1 is 1.12 bits per heavy atom. The number of ketones is 1. The SMILES string of the molecule is CC(=O)/C=C(/C)O.[Ir].[c-]1cnccc1-c1nccc2ccccc12. The minimum Gasteiger partial charge on any atom is -0.512 e. The zero-order chi connectivity index (χ0) is 16.7. The molecule has 125 valence electrons. The van der Waals surface area contributed by atoms with Crippen molar-refractivity contribution in [3.63, 3.8) is 0 Å². The fourth-order valence-corrected chi connectivity index (χ4v) is 2.09. The van der Waals surface area contributed by atoms with Crippen LogP contribution in [0.2, 0.25) is 0 Å². The van der Waals surface area contributed by atoms with E-state index in [0.717, 1.165) is 16.6 Å². The Balaban J connectivity index is 0.000000312. The van der Waals surface area contributed by atoms with Crippen molar-refractivity contribution in [3.05, 3.63) is 72.9 Å². The fraction of sp³-hybridized carbons (Fsp3) is 0.105. The summed E-state index contributed by atoms with van der Waals surface area (Å²) < 4.78 is 0. The van der Waals surface area contributed by atoms with E-state index >= 15 is 0 Å². The molecule has 5 heteroatoms. The van der Waals surface area contributed by atoms with Gasteiger partial charge >= 0.3 is 0 Å². The van der Waals surface area contributed by atoms with Crippen molar-refractivity contribution in [2.75, 3.05) is 0 Å². The maximum Gasteiger partial charge on any atom is 0.155 e. The Kier molecular flexibility index (Phi) is 7.96. The predicted molar refractivity (Wildman–Crippen MR) is 90.9 cm³/mol. The Labute approximate surface area is 154 Å². The summed E-state index contributed by atoms with van der Waals surface area (Å²) in [6.45, 7) is 2.85. The van der Waals surface area contributed by atoms with E-state index < -0.39 is 0 Å². The van der Waals surface area contributed by atoms with Crippen LogP contribution >= 0.6 is 0 Å². The van der Waals surface area contributed by atoms with E-state index in [9.17, 15) is 4.79 Å². The number of hydrogen-bond acceptors (Lipinski definition) is 4. The number of benzene rings is 1. The van der Waals surface area contributed by atoms with Crippen LogP contribution in [0.15, 0.2) is 66.8 Å². The summed E-state index contributed by atoms with van der Waals surface area (Å²) in [7, 11) is 0. The van der Waals surface area contributed by atoms with Gasteiger partial charge in [0.15, 0.2) is 5.78 Å². The topological polar surface area (TPSA) is 63.1 Å². The summed E-state index contributed by atoms with van der Waals surface area (Å²) in [4.78, 5) is 18.4. The van der Waals surface area contributed by atoms with Crippen molar-refractivity contribution in [2.45, 2.75) is 13.8 Å². The molecule has 2 heterocycles. The molecule has 24 heavy (non-hydrogen) atoms. The first kappa shape index (κ1) is 19.7. The molecule has 3 aromatic rings. The average Bonchev–Trinajstić information content (AvgIpc) is 2.54. The van der Waals surface area contributed by atoms with Crippen LogP contribution in [0, 0.1) is 6.07 Å². The Bertz CT molecular complexity index is 824. The number of nitrogens with zero attached hydrogens (tertiary/aromatic N) is 2. The zero-order valence-electron chi connectivity index (χ0n) is 13.4. The van der Waals surface area contributed by atoms with Crippen molar-refractivity contribution in [2.24, 2.45) is 0 Å². The summed E-state index contributed by atoms with van der Waals surface area (Å²) in [5.74, 6) is -0.0625. The molecule has 0 spiro atoms. The molecular weight excluding hydrogens is 480 g/mol. The molecule has 0 aliphatic carbocycles. The first-order valence-electron chi connectivity index (χ1n) is 7.11. The number of aliphatic hydroxyl groups is 1. The molecule has 0 aliphatic rings. The molecule has 1 N–H and O–H groups in total. The quantitative estimate of drug-likeness (QED) is 0.329. The van der Waals surface area contributed by atoms with Crippen LogP contribution < -0.4 is 0 Å². The van der Waals surface area contributed by atoms with Crippen LogP contribution in [0.4, 0.5) is 0 Å². The van der Waals surface area contributed by atoms with Crippen LogP contribution in [0.5, 0.6) is 0 Å². The molecule has 1 aromatic carbocycles. The molecule has 0 saturated heterocycles. The van der Waals surface area contributed by atoms with Crippen LogP contribution in [-0.4, -0.2) is 20.9 Å². The van der Waals surface area contributed by atoms with Crippen molar-refractivity contribution in [1.82, 2.24) is 9.97 Å². The van der Waals surface area contributed by atoms with Crippen LogP contribution in [0.3, 0.4) is 0 Å². The van der Waals surface area contributed by atoms with E-state index in [4.69, 9.17) is 5.11 Å². The molecule has 0 atom stereocenters. The summed E-state index contributed by atoms with van der Waals surface area (Å²) >= 11 is 0. The predicted octanol–water partition coefficient (Wildman–Crippen LogP) is 4.13. The number of allylic oxidation sites excluding steroid dienone is 2. The third kappa shape index (κ3) is 5.69. The monoisotopic (exact) mass is 498 g/mol. The van der Waals surface area contributed by atoms with E-state index in [1.165, 1.54) is 25.3 Å². The van der Waals surface area contributed by atoms with Gasteiger partial charge in [0.1, 0.15) is 0 Å². The van der Waals surface area contributed by atoms with Crippen LogP contribution in [-0.2, 0) is 24.9 Å². The number of rotatable bonds is 2. The second kappa shape index (κ2) is 9.71. The van der Waals surface area contributed by atoms with E-state index in [0.29, 0.717) is 0 Å². The molecule has 0 bridgehead atoms. The first-order chi connectivity index (χ1) is 11.1. The molecule has 2 aromatic heterocycles. The molecule has 0 unspecified atom stereocenters. The van der Waals surface area contributed by atoms with Gasteiger partial charge in [-0.05, 0) is 48.8 Å². The minimum absolute atomic E-state index is 0. The summed E-state index contributed by atoms with van der Waals surface area (Å²) in [6, 6.07) is 15.3. The maximum atomic E-state index is 10.0. The molecule has 0 saturated carbocycles. The Morgan fingerprint density at radius 3 is 2.46 bits per heavy atom. The van der Waals surface area contributed by atoms with Gasteiger partial charge in [0.25, 0.3) is 0 Å². The maximum absolute atomic E-state index is 10.0. The molecular formula is C19H17IrN2O2-. The Morgan fingerprint density at radius 2 is 1.88 bits per heavy atom. The summed E-state index contributed by atoms with van der Waals surface area (Å²) in [6.07, 6.45) is 6.42. The number of aliphatic hydroxyl groups excluding tert-OH is 1. The third-order valence-corrected chi connectivity index (χ3v) is 2.96. The van der Waals surface area contributed by atoms with Crippen molar-refractivity contribution < 1.29 is 30.0 Å². The van der Waals surface area contributed by atoms with Crippen molar-refractivity contribution in [3.8, 4) is 11.3 Å². The third-order valence-electron chi connectivity index (χ3n) is 2.96. The second-order valence-corrected chi connectivity index (χ2v) is 4.93. The Hall–Kier alpha value is -2.36. The van der Waals surface area contributed by atoms with Crippen LogP contribution in [0.1, 0.15) is 13.8 Å². The number of hydrogen-bond donors (Lipinski definition) is 1. The van der Waals surface area contributed by atoms with Gasteiger partial charge in [-0.15, -0.1) is 6.07 Å². The van der Waals surface area contributed by atoms with Crippen molar-refractivity contribution in [1.29, 1.82) is 0 Å². The second-order valence-electron chi connectivity index (χ2n) is 4.93. The van der Waals surface area contributed by atoms with Gasteiger partial charge in [0, 0.05) is 32.4 Å². The molecule has 0 amide bonds. The molecule has 4 nitrogen and oxygen atoms in total. The molecule has 1 radical (unpaired) electrons. The molecule has 0 aliphatic heterocycles. The number of aromatic nitrogens is 2. The first-order valence-corrected chi connectivity index (χ1v) is 7.11. The molecule has 0 fully saturated rings. The van der Waals surface area contributed by atoms with Gasteiger partial charge in [-0.1, -0.05) is 24.3 Å². The number of pyridine rings is 2. The molecule has 3 rings (SSSR count). The van der Waals surface area contributed by atoms with Gasteiger partial charge in [-0.2, -0.15) is 11.6 Å². The van der Waals surface area contributed by atoms with E-state index in [1.807, 2.05) is 30.5 Å². The van der Waals surface area contributed by atoms with Gasteiger partial charge in [0.2, 0.25) is 0 Å². The smallest absolute Gasteiger partial charge is 0.155 e. The van der Waals surface area contributed by atoms with Gasteiger partial charge < -0.3 is 10.1 Å². The summed E-state index contributed by atoms with van der Waals surface area (Å²) in [5, 5.41) is 10.7. The van der Waals surface area contributed by atoms with E-state index in [1.54, 1.807) is 12.4 Å². The van der Waals surface area contributed by atoms with Gasteiger partial charge in [0.05, 0.1) is 5.76 Å². The number of carbonyl (C=O) groups is 1. The zero-order valence-corrected chi connectivity index (χ0v) is 15.8. The number of carbonyl (C=O) groups excluding carboxylic acids is 1. The fourth-order valence-electron chi connectivity index (χ4n) is 2.09. The standard InChI is InChI=1S/C14H9N2.C5H8O2.Ir/c1-2-4-13-11(3-1)7-10-16-14(13)12-5-8-15-9-6-12;1-4(6)3-5(2)7;/h1-5,7-10H;3,6H,1-2H3;/q-1;;/b;4-3-;. The largest absolute Gasteiger partial charge is 0.512 e. The van der Waals surface area contributed by atoms with Gasteiger partial charge in [-0.25, -0.2) is 0 Å². The minimum atomic E-state index is -0.125. The van der Waals surface area contributed by atoms with Crippen LogP contribution in [0.25, 0.3) is 22.0 Å². The van der Waals surface area contributed by atoms with E-state index in [2.05, 4.69) is 28.2 Å². The average molecular weight is 498 g/mol. The van der Waals surface area contributed by atoms with Gasteiger partial charge in [-0.3, -0.25) is 9.78 Å².